The van der Waals surface area contributed by atoms with Crippen LogP contribution >= 0.6 is 23.2 Å². The standard InChI is InChI=1S/C43H45Cl2N3O5/c1-4-53-43(50)28-22-48(23-28)35-15-12-25-18-27(20-37(52-3)40(25)35)31-8-6-10-33(42(31)45)32-9-5-7-30(41(32)44)26-17-24-11-14-34(39(24)36(19-26)51-2)46-21-29-13-16-38(49)47-29/h5-10,17-20,28-29,34-35,46H,4,11-16,21-23H2,1-3H3,(H,47,49)/t29-,34+,35-/m0/s1. The van der Waals surface area contributed by atoms with Gasteiger partial charge in [0.1, 0.15) is 11.5 Å². The number of benzene rings is 4. The van der Waals surface area contributed by atoms with Crippen LogP contribution < -0.4 is 20.1 Å². The van der Waals surface area contributed by atoms with Gasteiger partial charge < -0.3 is 24.8 Å². The van der Waals surface area contributed by atoms with Gasteiger partial charge in [0.05, 0.1) is 36.8 Å². The van der Waals surface area contributed by atoms with E-state index in [0.717, 1.165) is 83.5 Å². The molecule has 2 N–H and O–H groups in total. The van der Waals surface area contributed by atoms with Gasteiger partial charge >= 0.3 is 5.97 Å². The molecule has 0 bridgehead atoms. The van der Waals surface area contributed by atoms with Gasteiger partial charge in [0, 0.05) is 77.6 Å². The van der Waals surface area contributed by atoms with Crippen LogP contribution in [0.25, 0.3) is 33.4 Å². The first-order valence-electron chi connectivity index (χ1n) is 18.7. The van der Waals surface area contributed by atoms with Gasteiger partial charge in [-0.3, -0.25) is 14.5 Å². The van der Waals surface area contributed by atoms with Crippen LogP contribution in [0, 0.1) is 5.92 Å². The molecule has 2 heterocycles. The van der Waals surface area contributed by atoms with E-state index >= 15 is 0 Å². The van der Waals surface area contributed by atoms with Crippen molar-refractivity contribution in [3.05, 3.63) is 93.0 Å². The van der Waals surface area contributed by atoms with E-state index < -0.39 is 0 Å². The predicted octanol–water partition coefficient (Wildman–Crippen LogP) is 8.35. The van der Waals surface area contributed by atoms with Gasteiger partial charge in [-0.05, 0) is 73.4 Å². The number of aryl methyl sites for hydroxylation is 2. The molecule has 0 spiro atoms. The third kappa shape index (κ3) is 6.69. The highest BCUT2D eigenvalue weighted by Crippen LogP contribution is 2.49. The Morgan fingerprint density at radius 3 is 1.98 bits per heavy atom. The second-order valence-electron chi connectivity index (χ2n) is 14.6. The average Bonchev–Trinajstić information content (AvgIpc) is 3.88. The van der Waals surface area contributed by atoms with E-state index in [9.17, 15) is 9.59 Å². The summed E-state index contributed by atoms with van der Waals surface area (Å²) in [6.07, 6.45) is 5.26. The number of likely N-dealkylation sites (tertiary alicyclic amines) is 1. The van der Waals surface area contributed by atoms with E-state index in [4.69, 9.17) is 37.4 Å². The normalized spacial score (nSPS) is 20.8. The topological polar surface area (TPSA) is 89.1 Å². The van der Waals surface area contributed by atoms with E-state index in [2.05, 4.69) is 39.8 Å². The minimum Gasteiger partial charge on any atom is -0.496 e. The first-order chi connectivity index (χ1) is 25.8. The Hall–Kier alpha value is -4.08. The summed E-state index contributed by atoms with van der Waals surface area (Å²) in [4.78, 5) is 26.3. The van der Waals surface area contributed by atoms with Gasteiger partial charge in [0.15, 0.2) is 0 Å². The predicted molar refractivity (Wildman–Crippen MR) is 209 cm³/mol. The van der Waals surface area contributed by atoms with Crippen LogP contribution in [0.4, 0.5) is 0 Å². The van der Waals surface area contributed by atoms with Gasteiger partial charge in [0.2, 0.25) is 5.91 Å². The average molecular weight is 755 g/mol. The molecule has 0 unspecified atom stereocenters. The molecule has 0 aromatic heterocycles. The summed E-state index contributed by atoms with van der Waals surface area (Å²) in [7, 11) is 3.44. The van der Waals surface area contributed by atoms with Crippen LogP contribution in [0.1, 0.15) is 66.9 Å². The number of esters is 1. The van der Waals surface area contributed by atoms with E-state index in [1.165, 1.54) is 22.3 Å². The number of methoxy groups -OCH3 is 2. The number of rotatable bonds is 11. The van der Waals surface area contributed by atoms with Gasteiger partial charge in [-0.15, -0.1) is 0 Å². The first kappa shape index (κ1) is 35.9. The molecule has 2 fully saturated rings. The van der Waals surface area contributed by atoms with Crippen molar-refractivity contribution in [3.63, 3.8) is 0 Å². The molecule has 2 saturated heterocycles. The van der Waals surface area contributed by atoms with Crippen LogP contribution in [-0.4, -0.2) is 63.3 Å². The first-order valence-corrected chi connectivity index (χ1v) is 19.5. The summed E-state index contributed by atoms with van der Waals surface area (Å²) in [5.41, 5.74) is 10.4. The molecule has 4 aromatic rings. The molecule has 0 saturated carbocycles. The number of ether oxygens (including phenoxy) is 3. The third-order valence-electron chi connectivity index (χ3n) is 11.5. The summed E-state index contributed by atoms with van der Waals surface area (Å²) in [6.45, 7) is 4.42. The molecule has 2 aliphatic carbocycles. The molecule has 53 heavy (non-hydrogen) atoms. The van der Waals surface area contributed by atoms with E-state index in [-0.39, 0.29) is 35.9 Å². The number of nitrogens with zero attached hydrogens (tertiary/aromatic N) is 1. The molecule has 4 aliphatic rings. The number of carbonyl (C=O) groups excluding carboxylic acids is 2. The maximum Gasteiger partial charge on any atom is 0.311 e. The quantitative estimate of drug-likeness (QED) is 0.149. The second-order valence-corrected chi connectivity index (χ2v) is 15.4. The van der Waals surface area contributed by atoms with Crippen molar-refractivity contribution in [1.82, 2.24) is 15.5 Å². The van der Waals surface area contributed by atoms with Gasteiger partial charge in [0.25, 0.3) is 0 Å². The third-order valence-corrected chi connectivity index (χ3v) is 12.4. The lowest BCUT2D eigenvalue weighted by atomic mass is 9.92. The zero-order chi connectivity index (χ0) is 36.8. The highest BCUT2D eigenvalue weighted by molar-refractivity contribution is 6.39. The van der Waals surface area contributed by atoms with Crippen LogP contribution in [0.2, 0.25) is 10.0 Å². The lowest BCUT2D eigenvalue weighted by Gasteiger charge is -2.42. The Morgan fingerprint density at radius 2 is 1.40 bits per heavy atom. The largest absolute Gasteiger partial charge is 0.496 e. The van der Waals surface area contributed by atoms with E-state index in [1.54, 1.807) is 14.2 Å². The molecule has 8 rings (SSSR count). The summed E-state index contributed by atoms with van der Waals surface area (Å²) in [5, 5.41) is 8.00. The Morgan fingerprint density at radius 1 is 0.811 bits per heavy atom. The number of hydrogen-bond acceptors (Lipinski definition) is 7. The highest BCUT2D eigenvalue weighted by Gasteiger charge is 2.41. The van der Waals surface area contributed by atoms with Crippen molar-refractivity contribution in [3.8, 4) is 44.9 Å². The molecule has 4 aromatic carbocycles. The maximum absolute atomic E-state index is 12.3. The smallest absolute Gasteiger partial charge is 0.311 e. The van der Waals surface area contributed by atoms with Crippen LogP contribution in [0.5, 0.6) is 11.5 Å². The zero-order valence-corrected chi connectivity index (χ0v) is 31.9. The molecule has 10 heteroatoms. The Balaban J connectivity index is 1.06. The second kappa shape index (κ2) is 15.0. The van der Waals surface area contributed by atoms with Gasteiger partial charge in [-0.2, -0.15) is 0 Å². The SMILES string of the molecule is CCOC(=O)C1CN([C@H]2CCc3cc(-c4cccc(-c5cccc(-c6cc7c(c(OC)c6)[C@H](NC[C@@H]6CCC(=O)N6)CC7)c5Cl)c4Cl)cc(OC)c32)C1. The molecule has 3 atom stereocenters. The molecular weight excluding hydrogens is 709 g/mol. The van der Waals surface area contributed by atoms with E-state index in [0.29, 0.717) is 36.2 Å². The number of fused-ring (bicyclic) bond motifs is 2. The molecule has 276 valence electrons. The number of halogens is 2. The fourth-order valence-electron chi connectivity index (χ4n) is 8.87. The summed E-state index contributed by atoms with van der Waals surface area (Å²) in [6, 6.07) is 21.4. The summed E-state index contributed by atoms with van der Waals surface area (Å²) in [5.74, 6) is 1.64. The number of hydrogen-bond donors (Lipinski definition) is 2. The van der Waals surface area contributed by atoms with Crippen LogP contribution in [0.15, 0.2) is 60.7 Å². The lowest BCUT2D eigenvalue weighted by molar-refractivity contribution is -0.155. The van der Waals surface area contributed by atoms with Crippen LogP contribution in [0.3, 0.4) is 0 Å². The Kier molecular flexibility index (Phi) is 10.2. The molecule has 8 nitrogen and oxygen atoms in total. The van der Waals surface area contributed by atoms with Crippen molar-refractivity contribution in [1.29, 1.82) is 0 Å². The highest BCUT2D eigenvalue weighted by atomic mass is 35.5. The van der Waals surface area contributed by atoms with Crippen LogP contribution in [-0.2, 0) is 27.2 Å². The van der Waals surface area contributed by atoms with Crippen molar-refractivity contribution < 1.29 is 23.8 Å². The van der Waals surface area contributed by atoms with Gasteiger partial charge in [-0.1, -0.05) is 71.7 Å². The Bertz CT molecular complexity index is 2080. The number of amides is 1. The molecule has 2 aliphatic heterocycles. The molecular formula is C43H45Cl2N3O5. The van der Waals surface area contributed by atoms with Gasteiger partial charge in [-0.25, -0.2) is 0 Å². The minimum atomic E-state index is -0.105. The van der Waals surface area contributed by atoms with Crippen molar-refractivity contribution in [2.45, 2.75) is 63.6 Å². The fourth-order valence-corrected chi connectivity index (χ4v) is 9.55. The molecule has 0 radical (unpaired) electrons. The minimum absolute atomic E-state index is 0.0608. The van der Waals surface area contributed by atoms with Crippen molar-refractivity contribution >= 4 is 35.1 Å². The lowest BCUT2D eigenvalue weighted by Crippen LogP contribution is -2.51. The monoisotopic (exact) mass is 753 g/mol. The molecule has 1 amide bonds. The Labute approximate surface area is 321 Å². The maximum atomic E-state index is 12.3. The summed E-state index contributed by atoms with van der Waals surface area (Å²) < 4.78 is 17.2. The zero-order valence-electron chi connectivity index (χ0n) is 30.4. The number of nitrogens with one attached hydrogen (secondary N) is 2. The summed E-state index contributed by atoms with van der Waals surface area (Å²) >= 11 is 14.6. The fraction of sp³-hybridized carbons (Fsp3) is 0.395. The van der Waals surface area contributed by atoms with E-state index in [1.807, 2.05) is 43.3 Å². The number of carbonyl (C=O) groups is 2. The van der Waals surface area contributed by atoms with Crippen molar-refractivity contribution in [2.24, 2.45) is 5.92 Å². The van der Waals surface area contributed by atoms with Crippen molar-refractivity contribution in [2.75, 3.05) is 40.5 Å².